The second kappa shape index (κ2) is 9.00. The minimum absolute atomic E-state index is 0.0538. The Hall–Kier alpha value is -2.12. The Kier molecular flexibility index (Phi) is 6.99. The Bertz CT molecular complexity index is 853. The van der Waals surface area contributed by atoms with E-state index in [0.717, 1.165) is 11.6 Å². The van der Waals surface area contributed by atoms with Gasteiger partial charge in [-0.3, -0.25) is 0 Å². The average Bonchev–Trinajstić information content (AvgIpc) is 2.59. The van der Waals surface area contributed by atoms with Crippen LogP contribution < -0.4 is 14.2 Å². The summed E-state index contributed by atoms with van der Waals surface area (Å²) in [7, 11) is -3.68. The molecule has 0 heterocycles. The third-order valence-electron chi connectivity index (χ3n) is 3.75. The van der Waals surface area contributed by atoms with Gasteiger partial charge in [0, 0.05) is 6.54 Å². The standard InChI is InChI=1S/C19H24FNO4S/c1-4-24-18-9-6-15(13-19(18)25-5-2)10-11-21-26(22,23)16-7-8-17(20)14(3)12-16/h6-9,12-13,21H,4-5,10-11H2,1-3H3. The zero-order chi connectivity index (χ0) is 19.2. The fourth-order valence-corrected chi connectivity index (χ4v) is 3.57. The Morgan fingerprint density at radius 1 is 1.00 bits per heavy atom. The molecule has 1 N–H and O–H groups in total. The lowest BCUT2D eigenvalue weighted by Gasteiger charge is -2.13. The highest BCUT2D eigenvalue weighted by Crippen LogP contribution is 2.28. The van der Waals surface area contributed by atoms with E-state index in [-0.39, 0.29) is 11.4 Å². The highest BCUT2D eigenvalue weighted by atomic mass is 32.2. The maximum Gasteiger partial charge on any atom is 0.240 e. The van der Waals surface area contributed by atoms with Crippen molar-refractivity contribution in [1.29, 1.82) is 0 Å². The van der Waals surface area contributed by atoms with Gasteiger partial charge in [-0.05, 0) is 68.7 Å². The average molecular weight is 381 g/mol. The van der Waals surface area contributed by atoms with E-state index < -0.39 is 15.8 Å². The lowest BCUT2D eigenvalue weighted by molar-refractivity contribution is 0.287. The lowest BCUT2D eigenvalue weighted by atomic mass is 10.1. The number of sulfonamides is 1. The Morgan fingerprint density at radius 2 is 1.69 bits per heavy atom. The number of hydrogen-bond donors (Lipinski definition) is 1. The number of nitrogens with one attached hydrogen (secondary N) is 1. The molecule has 0 fully saturated rings. The van der Waals surface area contributed by atoms with E-state index in [9.17, 15) is 12.8 Å². The summed E-state index contributed by atoms with van der Waals surface area (Å²) in [6, 6.07) is 9.29. The van der Waals surface area contributed by atoms with Gasteiger partial charge < -0.3 is 9.47 Å². The molecule has 0 atom stereocenters. The number of benzene rings is 2. The second-order valence-corrected chi connectivity index (χ2v) is 7.47. The molecule has 0 aliphatic rings. The fraction of sp³-hybridized carbons (Fsp3) is 0.368. The molecule has 0 saturated carbocycles. The molecule has 0 amide bonds. The topological polar surface area (TPSA) is 64.6 Å². The highest BCUT2D eigenvalue weighted by molar-refractivity contribution is 7.89. The molecule has 0 bridgehead atoms. The first-order valence-electron chi connectivity index (χ1n) is 8.51. The van der Waals surface area contributed by atoms with Gasteiger partial charge in [0.15, 0.2) is 11.5 Å². The van der Waals surface area contributed by atoms with Crippen molar-refractivity contribution in [2.24, 2.45) is 0 Å². The van der Waals surface area contributed by atoms with Gasteiger partial charge in [0.05, 0.1) is 18.1 Å². The van der Waals surface area contributed by atoms with Gasteiger partial charge >= 0.3 is 0 Å². The molecule has 0 aromatic heterocycles. The number of halogens is 1. The van der Waals surface area contributed by atoms with Crippen LogP contribution >= 0.6 is 0 Å². The van der Waals surface area contributed by atoms with Crippen LogP contribution in [-0.4, -0.2) is 28.2 Å². The zero-order valence-electron chi connectivity index (χ0n) is 15.2. The molecule has 7 heteroatoms. The summed E-state index contributed by atoms with van der Waals surface area (Å²) in [6.07, 6.45) is 0.492. The van der Waals surface area contributed by atoms with Crippen LogP contribution in [0.15, 0.2) is 41.3 Å². The lowest BCUT2D eigenvalue weighted by Crippen LogP contribution is -2.26. The van der Waals surface area contributed by atoms with Gasteiger partial charge in [-0.1, -0.05) is 6.07 Å². The van der Waals surface area contributed by atoms with E-state index in [1.165, 1.54) is 19.1 Å². The normalized spacial score (nSPS) is 11.4. The van der Waals surface area contributed by atoms with Crippen LogP contribution in [0, 0.1) is 12.7 Å². The molecule has 0 spiro atoms. The first kappa shape index (κ1) is 20.2. The summed E-state index contributed by atoms with van der Waals surface area (Å²) in [5.41, 5.74) is 1.22. The van der Waals surface area contributed by atoms with Crippen LogP contribution in [0.2, 0.25) is 0 Å². The molecule has 2 rings (SSSR count). The van der Waals surface area contributed by atoms with E-state index in [1.54, 1.807) is 0 Å². The van der Waals surface area contributed by atoms with Crippen LogP contribution in [0.1, 0.15) is 25.0 Å². The number of aryl methyl sites for hydroxylation is 1. The molecule has 142 valence electrons. The van der Waals surface area contributed by atoms with Crippen LogP contribution in [0.5, 0.6) is 11.5 Å². The van der Waals surface area contributed by atoms with Gasteiger partial charge in [-0.25, -0.2) is 17.5 Å². The molecule has 26 heavy (non-hydrogen) atoms. The summed E-state index contributed by atoms with van der Waals surface area (Å²) >= 11 is 0. The number of ether oxygens (including phenoxy) is 2. The quantitative estimate of drug-likeness (QED) is 0.723. The SMILES string of the molecule is CCOc1ccc(CCNS(=O)(=O)c2ccc(F)c(C)c2)cc1OCC. The monoisotopic (exact) mass is 381 g/mol. The summed E-state index contributed by atoms with van der Waals surface area (Å²) in [5, 5.41) is 0. The molecule has 0 saturated heterocycles. The van der Waals surface area contributed by atoms with Gasteiger partial charge in [0.2, 0.25) is 10.0 Å². The Labute approximate surface area is 154 Å². The predicted molar refractivity (Wildman–Crippen MR) is 98.8 cm³/mol. The molecule has 0 aliphatic heterocycles. The summed E-state index contributed by atoms with van der Waals surface area (Å²) < 4.78 is 51.6. The largest absolute Gasteiger partial charge is 0.490 e. The first-order valence-corrected chi connectivity index (χ1v) is 10.00. The molecule has 0 aliphatic carbocycles. The molecule has 0 radical (unpaired) electrons. The van der Waals surface area contributed by atoms with Crippen molar-refractivity contribution in [2.45, 2.75) is 32.1 Å². The predicted octanol–water partition coefficient (Wildman–Crippen LogP) is 3.45. The van der Waals surface area contributed by atoms with E-state index in [1.807, 2.05) is 32.0 Å². The summed E-state index contributed by atoms with van der Waals surface area (Å²) in [6.45, 7) is 6.59. The maximum absolute atomic E-state index is 13.3. The van der Waals surface area contributed by atoms with Crippen molar-refractivity contribution >= 4 is 10.0 Å². The van der Waals surface area contributed by atoms with Crippen molar-refractivity contribution in [3.05, 3.63) is 53.3 Å². The van der Waals surface area contributed by atoms with Gasteiger partial charge in [-0.15, -0.1) is 0 Å². The Balaban J connectivity index is 2.04. The zero-order valence-corrected chi connectivity index (χ0v) is 16.0. The smallest absolute Gasteiger partial charge is 0.240 e. The third kappa shape index (κ3) is 5.19. The molecular weight excluding hydrogens is 357 g/mol. The Morgan fingerprint density at radius 3 is 2.35 bits per heavy atom. The van der Waals surface area contributed by atoms with Crippen molar-refractivity contribution in [1.82, 2.24) is 4.72 Å². The van der Waals surface area contributed by atoms with Gasteiger partial charge in [0.25, 0.3) is 0 Å². The molecule has 2 aromatic carbocycles. The van der Waals surface area contributed by atoms with Crippen molar-refractivity contribution < 1.29 is 22.3 Å². The third-order valence-corrected chi connectivity index (χ3v) is 5.21. The van der Waals surface area contributed by atoms with Crippen molar-refractivity contribution in [2.75, 3.05) is 19.8 Å². The first-order chi connectivity index (χ1) is 12.4. The van der Waals surface area contributed by atoms with E-state index in [4.69, 9.17) is 9.47 Å². The minimum Gasteiger partial charge on any atom is -0.490 e. The minimum atomic E-state index is -3.68. The van der Waals surface area contributed by atoms with E-state index in [2.05, 4.69) is 4.72 Å². The van der Waals surface area contributed by atoms with Gasteiger partial charge in [0.1, 0.15) is 5.82 Å². The number of hydrogen-bond acceptors (Lipinski definition) is 4. The van der Waals surface area contributed by atoms with E-state index >= 15 is 0 Å². The molecule has 5 nitrogen and oxygen atoms in total. The van der Waals surface area contributed by atoms with Crippen LogP contribution in [0.3, 0.4) is 0 Å². The summed E-state index contributed by atoms with van der Waals surface area (Å²) in [5.74, 6) is 0.881. The second-order valence-electron chi connectivity index (χ2n) is 5.71. The van der Waals surface area contributed by atoms with Crippen molar-refractivity contribution in [3.63, 3.8) is 0 Å². The van der Waals surface area contributed by atoms with Crippen LogP contribution in [0.4, 0.5) is 4.39 Å². The highest BCUT2D eigenvalue weighted by Gasteiger charge is 2.15. The number of rotatable bonds is 9. The van der Waals surface area contributed by atoms with Crippen LogP contribution in [-0.2, 0) is 16.4 Å². The molecular formula is C19H24FNO4S. The fourth-order valence-electron chi connectivity index (χ4n) is 2.45. The molecule has 2 aromatic rings. The van der Waals surface area contributed by atoms with E-state index in [0.29, 0.717) is 36.7 Å². The van der Waals surface area contributed by atoms with Crippen molar-refractivity contribution in [3.8, 4) is 11.5 Å². The molecule has 0 unspecified atom stereocenters. The van der Waals surface area contributed by atoms with Crippen LogP contribution in [0.25, 0.3) is 0 Å². The van der Waals surface area contributed by atoms with Gasteiger partial charge in [-0.2, -0.15) is 0 Å². The summed E-state index contributed by atoms with van der Waals surface area (Å²) in [4.78, 5) is 0.0538. The maximum atomic E-state index is 13.3.